The number of ether oxygens (including phenoxy) is 1. The zero-order valence-corrected chi connectivity index (χ0v) is 19.1. The maximum atomic E-state index is 13.1. The van der Waals surface area contributed by atoms with E-state index < -0.39 is 0 Å². The number of aliphatic imine (C=N–C) groups is 1. The summed E-state index contributed by atoms with van der Waals surface area (Å²) in [6.45, 7) is 7.47. The number of hydrogen-bond acceptors (Lipinski definition) is 3. The molecule has 1 atom stereocenters. The topological polar surface area (TPSA) is 54.7 Å². The third kappa shape index (κ3) is 5.28. The van der Waals surface area contributed by atoms with Gasteiger partial charge in [-0.2, -0.15) is 5.10 Å². The Kier molecular flexibility index (Phi) is 7.50. The minimum Gasteiger partial charge on any atom is -0.381 e. The number of aromatic nitrogens is 2. The van der Waals surface area contributed by atoms with Crippen molar-refractivity contribution in [1.82, 2.24) is 20.0 Å². The molecular formula is C21H29FIN5O. The van der Waals surface area contributed by atoms with Crippen LogP contribution in [-0.4, -0.2) is 60.0 Å². The molecule has 6 nitrogen and oxygen atoms in total. The minimum atomic E-state index is -0.241. The molecule has 1 spiro atoms. The average Bonchev–Trinajstić information content (AvgIpc) is 3.45. The summed E-state index contributed by atoms with van der Waals surface area (Å²) in [4.78, 5) is 7.20. The summed E-state index contributed by atoms with van der Waals surface area (Å²) in [6.07, 6.45) is 5.01. The molecule has 1 aromatic carbocycles. The fourth-order valence-corrected chi connectivity index (χ4v) is 4.02. The van der Waals surface area contributed by atoms with Crippen molar-refractivity contribution in [2.24, 2.45) is 10.4 Å². The largest absolute Gasteiger partial charge is 0.381 e. The lowest BCUT2D eigenvalue weighted by Gasteiger charge is -2.24. The van der Waals surface area contributed by atoms with E-state index in [0.717, 1.165) is 63.0 Å². The third-order valence-electron chi connectivity index (χ3n) is 5.62. The first-order chi connectivity index (χ1) is 13.7. The molecule has 0 radical (unpaired) electrons. The molecule has 8 heteroatoms. The molecule has 2 aliphatic rings. The van der Waals surface area contributed by atoms with Crippen molar-refractivity contribution >= 4 is 29.9 Å². The van der Waals surface area contributed by atoms with Gasteiger partial charge in [0, 0.05) is 50.8 Å². The highest BCUT2D eigenvalue weighted by Crippen LogP contribution is 2.38. The van der Waals surface area contributed by atoms with Gasteiger partial charge in [-0.25, -0.2) is 9.07 Å². The molecule has 4 rings (SSSR count). The monoisotopic (exact) mass is 513 g/mol. The normalized spacial score (nSPS) is 21.6. The quantitative estimate of drug-likeness (QED) is 0.379. The maximum absolute atomic E-state index is 13.1. The van der Waals surface area contributed by atoms with E-state index in [-0.39, 0.29) is 29.8 Å². The van der Waals surface area contributed by atoms with Crippen LogP contribution >= 0.6 is 24.0 Å². The van der Waals surface area contributed by atoms with Gasteiger partial charge in [-0.15, -0.1) is 24.0 Å². The summed E-state index contributed by atoms with van der Waals surface area (Å²) < 4.78 is 20.5. The van der Waals surface area contributed by atoms with Crippen molar-refractivity contribution < 1.29 is 9.13 Å². The van der Waals surface area contributed by atoms with Gasteiger partial charge in [0.2, 0.25) is 0 Å². The van der Waals surface area contributed by atoms with Gasteiger partial charge in [0.15, 0.2) is 5.96 Å². The number of hydrogen-bond donors (Lipinski definition) is 1. The first-order valence-corrected chi connectivity index (χ1v) is 10.1. The molecule has 2 aromatic rings. The van der Waals surface area contributed by atoms with Gasteiger partial charge in [0.05, 0.1) is 18.0 Å². The Morgan fingerprint density at radius 2 is 2.10 bits per heavy atom. The number of guanidine groups is 1. The molecule has 3 heterocycles. The molecule has 1 aromatic heterocycles. The van der Waals surface area contributed by atoms with Gasteiger partial charge in [-0.05, 0) is 50.1 Å². The Morgan fingerprint density at radius 1 is 1.28 bits per heavy atom. The lowest BCUT2D eigenvalue weighted by Crippen LogP contribution is -2.41. The lowest BCUT2D eigenvalue weighted by molar-refractivity contribution is 0.156. The summed E-state index contributed by atoms with van der Waals surface area (Å²) in [5.41, 5.74) is 2.15. The summed E-state index contributed by atoms with van der Waals surface area (Å²) in [5, 5.41) is 8.01. The maximum Gasteiger partial charge on any atom is 0.193 e. The Labute approximate surface area is 188 Å². The smallest absolute Gasteiger partial charge is 0.193 e. The number of halogens is 2. The van der Waals surface area contributed by atoms with E-state index in [1.54, 1.807) is 16.8 Å². The summed E-state index contributed by atoms with van der Waals surface area (Å²) in [7, 11) is 0. The van der Waals surface area contributed by atoms with E-state index in [4.69, 9.17) is 9.73 Å². The van der Waals surface area contributed by atoms with Crippen molar-refractivity contribution in [3.8, 4) is 5.69 Å². The van der Waals surface area contributed by atoms with Gasteiger partial charge in [0.1, 0.15) is 5.82 Å². The molecule has 158 valence electrons. The van der Waals surface area contributed by atoms with Crippen molar-refractivity contribution in [1.29, 1.82) is 0 Å². The molecule has 2 saturated heterocycles. The highest BCUT2D eigenvalue weighted by Gasteiger charge is 2.42. The Balaban J connectivity index is 0.00000240. The minimum absolute atomic E-state index is 0. The van der Waals surface area contributed by atoms with E-state index in [2.05, 4.69) is 22.2 Å². The Bertz CT molecular complexity index is 817. The SMILES string of the molecule is CCNC(=NCCc1ccn(-c2ccc(F)cc2)n1)N1CCC2(CCOC2)C1.I. The van der Waals surface area contributed by atoms with Gasteiger partial charge < -0.3 is 15.0 Å². The fourth-order valence-electron chi connectivity index (χ4n) is 4.02. The van der Waals surface area contributed by atoms with Crippen LogP contribution in [0.15, 0.2) is 41.5 Å². The number of rotatable bonds is 5. The van der Waals surface area contributed by atoms with Crippen LogP contribution in [0.3, 0.4) is 0 Å². The molecule has 2 aliphatic heterocycles. The molecule has 0 aliphatic carbocycles. The molecular weight excluding hydrogens is 484 g/mol. The average molecular weight is 513 g/mol. The molecule has 0 bridgehead atoms. The van der Waals surface area contributed by atoms with E-state index in [1.807, 2.05) is 12.3 Å². The van der Waals surface area contributed by atoms with Gasteiger partial charge in [-0.1, -0.05) is 0 Å². The van der Waals surface area contributed by atoms with Crippen LogP contribution in [0.4, 0.5) is 4.39 Å². The van der Waals surface area contributed by atoms with Gasteiger partial charge >= 0.3 is 0 Å². The summed E-state index contributed by atoms with van der Waals surface area (Å²) in [6, 6.07) is 8.34. The molecule has 2 fully saturated rings. The highest BCUT2D eigenvalue weighted by atomic mass is 127. The van der Waals surface area contributed by atoms with Crippen LogP contribution in [0.25, 0.3) is 5.69 Å². The van der Waals surface area contributed by atoms with Crippen LogP contribution in [0, 0.1) is 11.2 Å². The second kappa shape index (κ2) is 9.88. The number of nitrogens with one attached hydrogen (secondary N) is 1. The lowest BCUT2D eigenvalue weighted by atomic mass is 9.87. The van der Waals surface area contributed by atoms with Crippen molar-refractivity contribution in [2.45, 2.75) is 26.2 Å². The van der Waals surface area contributed by atoms with E-state index in [9.17, 15) is 4.39 Å². The predicted octanol–water partition coefficient (Wildman–Crippen LogP) is 3.25. The van der Waals surface area contributed by atoms with Crippen LogP contribution in [0.2, 0.25) is 0 Å². The van der Waals surface area contributed by atoms with Crippen molar-refractivity contribution in [3.05, 3.63) is 48.0 Å². The van der Waals surface area contributed by atoms with Crippen LogP contribution < -0.4 is 5.32 Å². The predicted molar refractivity (Wildman–Crippen MR) is 123 cm³/mol. The van der Waals surface area contributed by atoms with Gasteiger partial charge in [-0.3, -0.25) is 4.99 Å². The first-order valence-electron chi connectivity index (χ1n) is 10.1. The molecule has 0 amide bonds. The van der Waals surface area contributed by atoms with E-state index in [1.165, 1.54) is 18.6 Å². The van der Waals surface area contributed by atoms with Crippen LogP contribution in [-0.2, 0) is 11.2 Å². The first kappa shape index (κ1) is 22.0. The Hall–Kier alpha value is -1.68. The summed E-state index contributed by atoms with van der Waals surface area (Å²) >= 11 is 0. The van der Waals surface area contributed by atoms with Crippen molar-refractivity contribution in [3.63, 3.8) is 0 Å². The zero-order valence-electron chi connectivity index (χ0n) is 16.8. The van der Waals surface area contributed by atoms with Gasteiger partial charge in [0.25, 0.3) is 0 Å². The zero-order chi connectivity index (χ0) is 19.4. The molecule has 1 N–H and O–H groups in total. The molecule has 29 heavy (non-hydrogen) atoms. The molecule has 0 saturated carbocycles. The number of nitrogens with zero attached hydrogens (tertiary/aromatic N) is 4. The second-order valence-electron chi connectivity index (χ2n) is 7.69. The number of benzene rings is 1. The fraction of sp³-hybridized carbons (Fsp3) is 0.524. The number of likely N-dealkylation sites (tertiary alicyclic amines) is 1. The standard InChI is InChI=1S/C21H28FN5O.HI/c1-2-23-20(26-13-9-21(15-26)10-14-28-16-21)24-11-7-18-8-12-27(25-18)19-5-3-17(22)4-6-19;/h3-6,8,12H,2,7,9-11,13-16H2,1H3,(H,23,24);1H. The highest BCUT2D eigenvalue weighted by molar-refractivity contribution is 14.0. The van der Waals surface area contributed by atoms with Crippen molar-refractivity contribution in [2.75, 3.05) is 39.4 Å². The van der Waals surface area contributed by atoms with E-state index >= 15 is 0 Å². The van der Waals surface area contributed by atoms with Crippen LogP contribution in [0.1, 0.15) is 25.5 Å². The summed E-state index contributed by atoms with van der Waals surface area (Å²) in [5.74, 6) is 0.749. The third-order valence-corrected chi connectivity index (χ3v) is 5.62. The molecule has 1 unspecified atom stereocenters. The van der Waals surface area contributed by atoms with Crippen LogP contribution in [0.5, 0.6) is 0 Å². The Morgan fingerprint density at radius 3 is 2.83 bits per heavy atom. The van der Waals surface area contributed by atoms with E-state index in [0.29, 0.717) is 12.0 Å². The second-order valence-corrected chi connectivity index (χ2v) is 7.69.